The molecule has 5 heteroatoms. The number of carbonyl (C=O) groups excluding carboxylic acids is 1. The normalized spacial score (nSPS) is 19.7. The van der Waals surface area contributed by atoms with E-state index in [0.29, 0.717) is 0 Å². The second-order valence-electron chi connectivity index (χ2n) is 5.45. The number of H-pyrrole nitrogens is 1. The number of rotatable bonds is 3. The van der Waals surface area contributed by atoms with Gasteiger partial charge in [-0.1, -0.05) is 30.3 Å². The number of aromatic nitrogens is 2. The van der Waals surface area contributed by atoms with E-state index in [9.17, 15) is 4.79 Å². The van der Waals surface area contributed by atoms with Crippen molar-refractivity contribution in [2.45, 2.75) is 19.5 Å². The molecule has 1 aromatic carbocycles. The monoisotopic (exact) mass is 284 g/mol. The van der Waals surface area contributed by atoms with Crippen LogP contribution in [0, 0.1) is 0 Å². The van der Waals surface area contributed by atoms with Crippen LogP contribution >= 0.6 is 0 Å². The largest absolute Gasteiger partial charge is 0.347 e. The highest BCUT2D eigenvalue weighted by atomic mass is 16.2. The zero-order valence-corrected chi connectivity index (χ0v) is 12.2. The molecule has 5 nitrogen and oxygen atoms in total. The zero-order valence-electron chi connectivity index (χ0n) is 12.2. The topological polar surface area (TPSA) is 52.2 Å². The van der Waals surface area contributed by atoms with Gasteiger partial charge in [-0.2, -0.15) is 0 Å². The van der Waals surface area contributed by atoms with Crippen LogP contribution in [0.3, 0.4) is 0 Å². The van der Waals surface area contributed by atoms with Crippen molar-refractivity contribution in [3.05, 3.63) is 54.1 Å². The third-order valence-corrected chi connectivity index (χ3v) is 4.00. The predicted molar refractivity (Wildman–Crippen MR) is 80.4 cm³/mol. The minimum Gasteiger partial charge on any atom is -0.347 e. The van der Waals surface area contributed by atoms with Crippen molar-refractivity contribution >= 4 is 5.91 Å². The van der Waals surface area contributed by atoms with Crippen LogP contribution in [0.5, 0.6) is 0 Å². The third kappa shape index (κ3) is 3.13. The SMILES string of the molecule is CC(=O)N1CCN(Cc2cnc[nH]2)C[C@@H]1c1ccccc1. The Morgan fingerprint density at radius 3 is 2.81 bits per heavy atom. The molecular formula is C16H20N4O. The van der Waals surface area contributed by atoms with Crippen molar-refractivity contribution in [2.75, 3.05) is 19.6 Å². The van der Waals surface area contributed by atoms with Crippen LogP contribution in [0.25, 0.3) is 0 Å². The lowest BCUT2D eigenvalue weighted by molar-refractivity contribution is -0.134. The molecule has 3 rings (SSSR count). The van der Waals surface area contributed by atoms with Crippen LogP contribution in [0.2, 0.25) is 0 Å². The molecule has 1 fully saturated rings. The molecule has 0 spiro atoms. The maximum Gasteiger partial charge on any atom is 0.220 e. The summed E-state index contributed by atoms with van der Waals surface area (Å²) in [5.41, 5.74) is 2.31. The van der Waals surface area contributed by atoms with Gasteiger partial charge < -0.3 is 9.88 Å². The number of hydrogen-bond donors (Lipinski definition) is 1. The first-order valence-electron chi connectivity index (χ1n) is 7.26. The Morgan fingerprint density at radius 1 is 1.33 bits per heavy atom. The molecule has 1 saturated heterocycles. The number of nitrogens with one attached hydrogen (secondary N) is 1. The summed E-state index contributed by atoms with van der Waals surface area (Å²) in [5.74, 6) is 0.144. The van der Waals surface area contributed by atoms with Crippen molar-refractivity contribution < 1.29 is 4.79 Å². The average molecular weight is 284 g/mol. The van der Waals surface area contributed by atoms with Crippen molar-refractivity contribution in [3.8, 4) is 0 Å². The summed E-state index contributed by atoms with van der Waals surface area (Å²) in [5, 5.41) is 0. The van der Waals surface area contributed by atoms with E-state index < -0.39 is 0 Å². The summed E-state index contributed by atoms with van der Waals surface area (Å²) < 4.78 is 0. The van der Waals surface area contributed by atoms with Gasteiger partial charge >= 0.3 is 0 Å². The van der Waals surface area contributed by atoms with Crippen LogP contribution in [0.15, 0.2) is 42.9 Å². The second-order valence-corrected chi connectivity index (χ2v) is 5.45. The Bertz CT molecular complexity index is 582. The molecule has 0 bridgehead atoms. The highest BCUT2D eigenvalue weighted by Gasteiger charge is 2.29. The van der Waals surface area contributed by atoms with E-state index in [1.807, 2.05) is 29.3 Å². The number of imidazole rings is 1. The molecule has 1 atom stereocenters. The summed E-state index contributed by atoms with van der Waals surface area (Å²) in [6.45, 7) is 5.00. The van der Waals surface area contributed by atoms with Gasteiger partial charge in [-0.25, -0.2) is 4.98 Å². The van der Waals surface area contributed by atoms with Gasteiger partial charge in [-0.3, -0.25) is 9.69 Å². The highest BCUT2D eigenvalue weighted by molar-refractivity contribution is 5.74. The average Bonchev–Trinajstić information content (AvgIpc) is 3.01. The molecule has 1 N–H and O–H groups in total. The van der Waals surface area contributed by atoms with E-state index in [-0.39, 0.29) is 11.9 Å². The lowest BCUT2D eigenvalue weighted by Gasteiger charge is -2.41. The quantitative estimate of drug-likeness (QED) is 0.935. The Labute approximate surface area is 124 Å². The number of nitrogens with zero attached hydrogens (tertiary/aromatic N) is 3. The standard InChI is InChI=1S/C16H20N4O/c1-13(21)20-8-7-19(10-15-9-17-12-18-15)11-16(20)14-5-3-2-4-6-14/h2-6,9,12,16H,7-8,10-11H2,1H3,(H,17,18)/t16-/m1/s1. The Kier molecular flexibility index (Phi) is 4.01. The fraction of sp³-hybridized carbons (Fsp3) is 0.375. The molecule has 21 heavy (non-hydrogen) atoms. The van der Waals surface area contributed by atoms with E-state index in [2.05, 4.69) is 27.0 Å². The van der Waals surface area contributed by atoms with Gasteiger partial charge in [0.25, 0.3) is 0 Å². The molecule has 0 unspecified atom stereocenters. The predicted octanol–water partition coefficient (Wildman–Crippen LogP) is 1.82. The summed E-state index contributed by atoms with van der Waals surface area (Å²) in [6, 6.07) is 10.4. The van der Waals surface area contributed by atoms with Crippen molar-refractivity contribution in [3.63, 3.8) is 0 Å². The summed E-state index contributed by atoms with van der Waals surface area (Å²) in [6.07, 6.45) is 3.56. The van der Waals surface area contributed by atoms with Crippen molar-refractivity contribution in [1.29, 1.82) is 0 Å². The van der Waals surface area contributed by atoms with Crippen LogP contribution in [-0.4, -0.2) is 45.3 Å². The van der Waals surface area contributed by atoms with Crippen molar-refractivity contribution in [2.24, 2.45) is 0 Å². The number of carbonyl (C=O) groups is 1. The Morgan fingerprint density at radius 2 is 2.14 bits per heavy atom. The lowest BCUT2D eigenvalue weighted by Crippen LogP contribution is -2.49. The molecule has 0 radical (unpaired) electrons. The van der Waals surface area contributed by atoms with Gasteiger partial charge in [-0.05, 0) is 5.56 Å². The molecule has 1 aliphatic heterocycles. The number of piperazine rings is 1. The molecule has 2 heterocycles. The van der Waals surface area contributed by atoms with Gasteiger partial charge in [-0.15, -0.1) is 0 Å². The fourth-order valence-electron chi connectivity index (χ4n) is 2.93. The van der Waals surface area contributed by atoms with Crippen LogP contribution in [-0.2, 0) is 11.3 Å². The number of hydrogen-bond acceptors (Lipinski definition) is 3. The van der Waals surface area contributed by atoms with Crippen molar-refractivity contribution in [1.82, 2.24) is 19.8 Å². The third-order valence-electron chi connectivity index (χ3n) is 4.00. The van der Waals surface area contributed by atoms with E-state index >= 15 is 0 Å². The maximum atomic E-state index is 11.9. The Hall–Kier alpha value is -2.14. The summed E-state index contributed by atoms with van der Waals surface area (Å²) in [7, 11) is 0. The van der Waals surface area contributed by atoms with Crippen LogP contribution in [0.4, 0.5) is 0 Å². The zero-order chi connectivity index (χ0) is 14.7. The number of amides is 1. The second kappa shape index (κ2) is 6.10. The molecule has 1 aromatic heterocycles. The number of benzene rings is 1. The first-order chi connectivity index (χ1) is 10.2. The van der Waals surface area contributed by atoms with E-state index in [4.69, 9.17) is 0 Å². The van der Waals surface area contributed by atoms with E-state index in [1.165, 1.54) is 5.56 Å². The Balaban J connectivity index is 1.77. The molecule has 2 aromatic rings. The van der Waals surface area contributed by atoms with Gasteiger partial charge in [0.15, 0.2) is 0 Å². The first-order valence-corrected chi connectivity index (χ1v) is 7.26. The van der Waals surface area contributed by atoms with Crippen LogP contribution < -0.4 is 0 Å². The van der Waals surface area contributed by atoms with Gasteiger partial charge in [0.1, 0.15) is 0 Å². The summed E-state index contributed by atoms with van der Waals surface area (Å²) >= 11 is 0. The lowest BCUT2D eigenvalue weighted by atomic mass is 10.0. The van der Waals surface area contributed by atoms with Gasteiger partial charge in [0.2, 0.25) is 5.91 Å². The number of aromatic amines is 1. The van der Waals surface area contributed by atoms with Gasteiger partial charge in [0, 0.05) is 45.0 Å². The van der Waals surface area contributed by atoms with E-state index in [0.717, 1.165) is 31.9 Å². The molecule has 0 aliphatic carbocycles. The highest BCUT2D eigenvalue weighted by Crippen LogP contribution is 2.26. The smallest absolute Gasteiger partial charge is 0.220 e. The molecule has 1 aliphatic rings. The minimum atomic E-state index is 0.125. The fourth-order valence-corrected chi connectivity index (χ4v) is 2.93. The minimum absolute atomic E-state index is 0.125. The molecule has 1 amide bonds. The van der Waals surface area contributed by atoms with Crippen LogP contribution in [0.1, 0.15) is 24.2 Å². The van der Waals surface area contributed by atoms with E-state index in [1.54, 1.807) is 13.3 Å². The first kappa shape index (κ1) is 13.8. The molecular weight excluding hydrogens is 264 g/mol. The van der Waals surface area contributed by atoms with Gasteiger partial charge in [0.05, 0.1) is 12.4 Å². The molecule has 0 saturated carbocycles. The molecule has 110 valence electrons. The maximum absolute atomic E-state index is 11.9. The summed E-state index contributed by atoms with van der Waals surface area (Å²) in [4.78, 5) is 23.4.